The quantitative estimate of drug-likeness (QED) is 0.752. The van der Waals surface area contributed by atoms with Crippen molar-refractivity contribution < 1.29 is 9.53 Å². The summed E-state index contributed by atoms with van der Waals surface area (Å²) in [6.07, 6.45) is 3.75. The van der Waals surface area contributed by atoms with Crippen molar-refractivity contribution in [1.82, 2.24) is 14.9 Å². The van der Waals surface area contributed by atoms with Crippen LogP contribution in [0.25, 0.3) is 0 Å². The molecule has 29 heavy (non-hydrogen) atoms. The Bertz CT molecular complexity index is 869. The van der Waals surface area contributed by atoms with Crippen LogP contribution >= 0.6 is 0 Å². The Morgan fingerprint density at radius 3 is 2.38 bits per heavy atom. The highest BCUT2D eigenvalue weighted by Gasteiger charge is 2.30. The minimum Gasteiger partial charge on any atom is -0.497 e. The minimum absolute atomic E-state index is 0.237. The van der Waals surface area contributed by atoms with Crippen molar-refractivity contribution in [3.8, 4) is 5.75 Å². The van der Waals surface area contributed by atoms with E-state index in [1.54, 1.807) is 7.11 Å². The number of piperazine rings is 1. The van der Waals surface area contributed by atoms with E-state index in [1.165, 1.54) is 24.0 Å². The molecule has 0 spiro atoms. The molecule has 1 aromatic heterocycles. The van der Waals surface area contributed by atoms with Gasteiger partial charge in [-0.2, -0.15) is 0 Å². The number of ether oxygens (including phenoxy) is 1. The van der Waals surface area contributed by atoms with Crippen molar-refractivity contribution in [3.05, 3.63) is 46.9 Å². The molecule has 0 unspecified atom stereocenters. The molecule has 2 aromatic rings. The zero-order chi connectivity index (χ0) is 20.4. The third-order valence-corrected chi connectivity index (χ3v) is 5.93. The first-order valence-electron chi connectivity index (χ1n) is 10.6. The predicted molar refractivity (Wildman–Crippen MR) is 114 cm³/mol. The Labute approximate surface area is 172 Å². The van der Waals surface area contributed by atoms with E-state index in [1.807, 2.05) is 24.0 Å². The Morgan fingerprint density at radius 2 is 1.79 bits per heavy atom. The molecule has 154 valence electrons. The summed E-state index contributed by atoms with van der Waals surface area (Å²) < 4.78 is 5.28. The number of hydrogen-bond acceptors (Lipinski definition) is 5. The third kappa shape index (κ3) is 4.36. The van der Waals surface area contributed by atoms with Crippen molar-refractivity contribution >= 4 is 11.7 Å². The highest BCUT2D eigenvalue weighted by Crippen LogP contribution is 2.39. The molecule has 0 bridgehead atoms. The number of carbonyl (C=O) groups excluding carboxylic acids is 1. The number of amides is 1. The molecule has 2 fully saturated rings. The van der Waals surface area contributed by atoms with Gasteiger partial charge in [-0.15, -0.1) is 0 Å². The largest absolute Gasteiger partial charge is 0.497 e. The van der Waals surface area contributed by atoms with Crippen LogP contribution in [0.2, 0.25) is 0 Å². The third-order valence-electron chi connectivity index (χ3n) is 5.93. The highest BCUT2D eigenvalue weighted by atomic mass is 16.5. The van der Waals surface area contributed by atoms with Gasteiger partial charge in [-0.3, -0.25) is 4.79 Å². The van der Waals surface area contributed by atoms with Crippen LogP contribution < -0.4 is 9.64 Å². The predicted octanol–water partition coefficient (Wildman–Crippen LogP) is 3.32. The van der Waals surface area contributed by atoms with Gasteiger partial charge in [0.25, 0.3) is 0 Å². The van der Waals surface area contributed by atoms with E-state index in [-0.39, 0.29) is 5.91 Å². The first-order chi connectivity index (χ1) is 14.1. The zero-order valence-corrected chi connectivity index (χ0v) is 17.6. The molecular formula is C23H30N4O2. The lowest BCUT2D eigenvalue weighted by atomic mass is 10.0. The fraction of sp³-hybridized carbons (Fsp3) is 0.522. The first kappa shape index (κ1) is 19.7. The van der Waals surface area contributed by atoms with E-state index in [4.69, 9.17) is 14.7 Å². The van der Waals surface area contributed by atoms with Gasteiger partial charge in [0.15, 0.2) is 0 Å². The monoisotopic (exact) mass is 394 g/mol. The molecule has 0 atom stereocenters. The molecule has 2 aliphatic rings. The molecule has 6 heteroatoms. The van der Waals surface area contributed by atoms with Gasteiger partial charge < -0.3 is 14.5 Å². The molecule has 6 nitrogen and oxygen atoms in total. The maximum absolute atomic E-state index is 12.0. The summed E-state index contributed by atoms with van der Waals surface area (Å²) in [7, 11) is 1.69. The number of methoxy groups -OCH3 is 1. The SMILES string of the molecule is CCC(=O)N1CCN(c2nc(C3CC3)nc(C)c2Cc2ccc(OC)cc2)CC1. The van der Waals surface area contributed by atoms with Gasteiger partial charge in [-0.1, -0.05) is 19.1 Å². The molecule has 4 rings (SSSR count). The number of hydrogen-bond donors (Lipinski definition) is 0. The lowest BCUT2D eigenvalue weighted by molar-refractivity contribution is -0.131. The first-order valence-corrected chi connectivity index (χ1v) is 10.6. The zero-order valence-electron chi connectivity index (χ0n) is 17.6. The van der Waals surface area contributed by atoms with Crippen LogP contribution in [0.1, 0.15) is 54.7 Å². The number of rotatable bonds is 6. The van der Waals surface area contributed by atoms with Crippen molar-refractivity contribution in [2.75, 3.05) is 38.2 Å². The second kappa shape index (κ2) is 8.39. The average molecular weight is 395 g/mol. The Balaban J connectivity index is 1.61. The van der Waals surface area contributed by atoms with Crippen molar-refractivity contribution in [1.29, 1.82) is 0 Å². The van der Waals surface area contributed by atoms with Crippen LogP contribution in [-0.4, -0.2) is 54.1 Å². The van der Waals surface area contributed by atoms with Crippen LogP contribution in [0.15, 0.2) is 24.3 Å². The number of aryl methyl sites for hydroxylation is 1. The highest BCUT2D eigenvalue weighted by molar-refractivity contribution is 5.76. The Hall–Kier alpha value is -2.63. The molecule has 1 saturated heterocycles. The molecule has 2 heterocycles. The molecule has 1 amide bonds. The maximum atomic E-state index is 12.0. The van der Waals surface area contributed by atoms with Gasteiger partial charge in [0, 0.05) is 56.2 Å². The smallest absolute Gasteiger partial charge is 0.222 e. The molecule has 1 saturated carbocycles. The van der Waals surface area contributed by atoms with Crippen LogP contribution in [0, 0.1) is 6.92 Å². The van der Waals surface area contributed by atoms with Crippen molar-refractivity contribution in [3.63, 3.8) is 0 Å². The standard InChI is InChI=1S/C23H30N4O2/c1-4-21(28)26-11-13-27(14-12-26)23-20(15-17-5-9-19(29-3)10-6-17)16(2)24-22(25-23)18-7-8-18/h5-6,9-10,18H,4,7-8,11-15H2,1-3H3. The van der Waals surface area contributed by atoms with Gasteiger partial charge in [0.05, 0.1) is 7.11 Å². The van der Waals surface area contributed by atoms with E-state index in [0.717, 1.165) is 55.7 Å². The summed E-state index contributed by atoms with van der Waals surface area (Å²) in [5.41, 5.74) is 3.48. The maximum Gasteiger partial charge on any atom is 0.222 e. The lowest BCUT2D eigenvalue weighted by Crippen LogP contribution is -2.49. The van der Waals surface area contributed by atoms with Gasteiger partial charge in [0.2, 0.25) is 5.91 Å². The summed E-state index contributed by atoms with van der Waals surface area (Å²) in [6.45, 7) is 7.20. The molecule has 1 aliphatic carbocycles. The number of carbonyl (C=O) groups is 1. The van der Waals surface area contributed by atoms with Gasteiger partial charge in [-0.05, 0) is 37.5 Å². The molecule has 1 aliphatic heterocycles. The summed E-state index contributed by atoms with van der Waals surface area (Å²) in [4.78, 5) is 26.2. The number of anilines is 1. The fourth-order valence-corrected chi connectivity index (χ4v) is 3.93. The molecule has 0 radical (unpaired) electrons. The Morgan fingerprint density at radius 1 is 1.10 bits per heavy atom. The van der Waals surface area contributed by atoms with Gasteiger partial charge >= 0.3 is 0 Å². The van der Waals surface area contributed by atoms with Gasteiger partial charge in [0.1, 0.15) is 17.4 Å². The molecule has 1 aromatic carbocycles. The summed E-state index contributed by atoms with van der Waals surface area (Å²) in [5.74, 6) is 3.66. The fourth-order valence-electron chi connectivity index (χ4n) is 3.93. The van der Waals surface area contributed by atoms with Crippen LogP contribution in [0.4, 0.5) is 5.82 Å². The minimum atomic E-state index is 0.237. The van der Waals surface area contributed by atoms with E-state index in [9.17, 15) is 4.79 Å². The summed E-state index contributed by atoms with van der Waals surface area (Å²) in [6, 6.07) is 8.21. The number of nitrogens with zero attached hydrogens (tertiary/aromatic N) is 4. The van der Waals surface area contributed by atoms with E-state index >= 15 is 0 Å². The van der Waals surface area contributed by atoms with Crippen molar-refractivity contribution in [2.24, 2.45) is 0 Å². The lowest BCUT2D eigenvalue weighted by Gasteiger charge is -2.36. The van der Waals surface area contributed by atoms with Crippen molar-refractivity contribution in [2.45, 2.75) is 45.4 Å². The average Bonchev–Trinajstić information content (AvgIpc) is 3.60. The van der Waals surface area contributed by atoms with Crippen LogP contribution in [0.5, 0.6) is 5.75 Å². The van der Waals surface area contributed by atoms with Crippen LogP contribution in [-0.2, 0) is 11.2 Å². The van der Waals surface area contributed by atoms with E-state index < -0.39 is 0 Å². The number of benzene rings is 1. The summed E-state index contributed by atoms with van der Waals surface area (Å²) in [5, 5.41) is 0. The van der Waals surface area contributed by atoms with E-state index in [2.05, 4.69) is 24.0 Å². The molecular weight excluding hydrogens is 364 g/mol. The topological polar surface area (TPSA) is 58.6 Å². The summed E-state index contributed by atoms with van der Waals surface area (Å²) >= 11 is 0. The van der Waals surface area contributed by atoms with E-state index in [0.29, 0.717) is 12.3 Å². The second-order valence-electron chi connectivity index (χ2n) is 7.99. The normalized spacial score (nSPS) is 16.8. The van der Waals surface area contributed by atoms with Crippen LogP contribution in [0.3, 0.4) is 0 Å². The van der Waals surface area contributed by atoms with Gasteiger partial charge in [-0.25, -0.2) is 9.97 Å². The second-order valence-corrected chi connectivity index (χ2v) is 7.99. The molecule has 0 N–H and O–H groups in total. The Kier molecular flexibility index (Phi) is 5.69. The number of aromatic nitrogens is 2.